The number of carbonyl (C=O) groups is 1. The number of para-hydroxylation sites is 1. The molecule has 0 saturated carbocycles. The Balaban J connectivity index is 1.56. The summed E-state index contributed by atoms with van der Waals surface area (Å²) in [6.07, 6.45) is 3.07. The molecule has 0 unspecified atom stereocenters. The van der Waals surface area contributed by atoms with Gasteiger partial charge in [0.15, 0.2) is 10.9 Å². The molecule has 1 aliphatic carbocycles. The van der Waals surface area contributed by atoms with E-state index < -0.39 is 0 Å². The molecule has 6 heteroatoms. The summed E-state index contributed by atoms with van der Waals surface area (Å²) in [6.45, 7) is 4.05. The molecule has 5 rings (SSSR count). The maximum absolute atomic E-state index is 13.6. The zero-order valence-electron chi connectivity index (χ0n) is 17.5. The maximum Gasteiger partial charge on any atom is 0.267 e. The molecule has 2 aromatic heterocycles. The number of aryl methyl sites for hydroxylation is 4. The van der Waals surface area contributed by atoms with E-state index in [1.54, 1.807) is 15.9 Å². The van der Waals surface area contributed by atoms with Crippen LogP contribution in [-0.2, 0) is 12.8 Å². The number of rotatable bonds is 5. The van der Waals surface area contributed by atoms with Crippen LogP contribution in [-0.4, -0.2) is 21.1 Å². The summed E-state index contributed by atoms with van der Waals surface area (Å²) >= 11 is 2.96. The molecule has 0 radical (unpaired) electrons. The number of thiophene rings is 1. The van der Waals surface area contributed by atoms with Crippen LogP contribution in [0.1, 0.15) is 38.3 Å². The van der Waals surface area contributed by atoms with Gasteiger partial charge in [-0.2, -0.15) is 0 Å². The van der Waals surface area contributed by atoms with Crippen LogP contribution in [0.5, 0.6) is 0 Å². The highest BCUT2D eigenvalue weighted by atomic mass is 32.2. The minimum atomic E-state index is -0.0308. The Kier molecular flexibility index (Phi) is 5.28. The third-order valence-electron chi connectivity index (χ3n) is 5.88. The number of carbonyl (C=O) groups excluding carboxylic acids is 1. The van der Waals surface area contributed by atoms with E-state index in [-0.39, 0.29) is 17.1 Å². The fourth-order valence-corrected chi connectivity index (χ4v) is 6.26. The summed E-state index contributed by atoms with van der Waals surface area (Å²) < 4.78 is 1.67. The molecule has 0 bridgehead atoms. The quantitative estimate of drug-likeness (QED) is 0.230. The highest BCUT2D eigenvalue weighted by Gasteiger charge is 2.24. The predicted octanol–water partition coefficient (Wildman–Crippen LogP) is 5.53. The van der Waals surface area contributed by atoms with Crippen molar-refractivity contribution in [1.29, 1.82) is 0 Å². The number of Topliss-reactive ketones (excluding diaryl/α,β-unsaturated/α-hetero) is 1. The molecule has 156 valence electrons. The van der Waals surface area contributed by atoms with Crippen molar-refractivity contribution < 1.29 is 4.79 Å². The van der Waals surface area contributed by atoms with E-state index >= 15 is 0 Å². The molecule has 0 atom stereocenters. The molecule has 0 spiro atoms. The lowest BCUT2D eigenvalue weighted by Crippen LogP contribution is -2.22. The van der Waals surface area contributed by atoms with Crippen molar-refractivity contribution in [2.24, 2.45) is 0 Å². The topological polar surface area (TPSA) is 52.0 Å². The Bertz CT molecular complexity index is 1370. The standard InChI is InChI=1S/C25H22N2O2S2/c1-15-11-12-17(13-16(15)2)20(28)14-30-25-26-23-22(19-9-6-10-21(19)31-23)24(29)27(25)18-7-4-3-5-8-18/h3-5,7-8,11-13H,6,9-10,14H2,1-2H3. The Morgan fingerprint density at radius 1 is 1.10 bits per heavy atom. The molecule has 0 amide bonds. The molecule has 31 heavy (non-hydrogen) atoms. The molecule has 4 aromatic rings. The molecule has 1 aliphatic rings. The van der Waals surface area contributed by atoms with Crippen LogP contribution in [0, 0.1) is 13.8 Å². The average Bonchev–Trinajstić information content (AvgIpc) is 3.35. The summed E-state index contributed by atoms with van der Waals surface area (Å²) in [5.41, 5.74) is 4.88. The molecule has 0 fully saturated rings. The molecular formula is C25H22N2O2S2. The Morgan fingerprint density at radius 2 is 1.90 bits per heavy atom. The van der Waals surface area contributed by atoms with Gasteiger partial charge in [-0.1, -0.05) is 42.1 Å². The number of hydrogen-bond acceptors (Lipinski definition) is 5. The summed E-state index contributed by atoms with van der Waals surface area (Å²) in [4.78, 5) is 33.4. The lowest BCUT2D eigenvalue weighted by atomic mass is 10.0. The minimum Gasteiger partial charge on any atom is -0.293 e. The zero-order valence-corrected chi connectivity index (χ0v) is 19.1. The van der Waals surface area contributed by atoms with E-state index in [4.69, 9.17) is 4.98 Å². The number of ketones is 1. The highest BCUT2D eigenvalue weighted by molar-refractivity contribution is 7.99. The van der Waals surface area contributed by atoms with Gasteiger partial charge in [0.2, 0.25) is 0 Å². The molecular weight excluding hydrogens is 424 g/mol. The molecule has 2 aromatic carbocycles. The van der Waals surface area contributed by atoms with Gasteiger partial charge >= 0.3 is 0 Å². The van der Waals surface area contributed by atoms with Gasteiger partial charge in [0.05, 0.1) is 16.8 Å². The monoisotopic (exact) mass is 446 g/mol. The van der Waals surface area contributed by atoms with E-state index in [9.17, 15) is 9.59 Å². The van der Waals surface area contributed by atoms with Crippen LogP contribution < -0.4 is 5.56 Å². The summed E-state index contributed by atoms with van der Waals surface area (Å²) in [5.74, 6) is 0.272. The molecule has 0 N–H and O–H groups in total. The molecule has 2 heterocycles. The lowest BCUT2D eigenvalue weighted by Gasteiger charge is -2.12. The van der Waals surface area contributed by atoms with E-state index in [2.05, 4.69) is 0 Å². The predicted molar refractivity (Wildman–Crippen MR) is 128 cm³/mol. The van der Waals surface area contributed by atoms with Gasteiger partial charge in [-0.05, 0) is 68.0 Å². The van der Waals surface area contributed by atoms with Gasteiger partial charge in [-0.3, -0.25) is 14.2 Å². The van der Waals surface area contributed by atoms with Crippen LogP contribution >= 0.6 is 23.1 Å². The number of benzene rings is 2. The third kappa shape index (κ3) is 3.64. The lowest BCUT2D eigenvalue weighted by molar-refractivity contribution is 0.102. The number of fused-ring (bicyclic) bond motifs is 3. The first kappa shape index (κ1) is 20.2. The van der Waals surface area contributed by atoms with Gasteiger partial charge in [-0.25, -0.2) is 4.98 Å². The van der Waals surface area contributed by atoms with Crippen LogP contribution in [0.15, 0.2) is 58.5 Å². The van der Waals surface area contributed by atoms with Crippen LogP contribution in [0.25, 0.3) is 15.9 Å². The maximum atomic E-state index is 13.6. The van der Waals surface area contributed by atoms with E-state index in [1.165, 1.54) is 27.8 Å². The van der Waals surface area contributed by atoms with Gasteiger partial charge in [0.1, 0.15) is 4.83 Å². The van der Waals surface area contributed by atoms with E-state index in [0.29, 0.717) is 10.7 Å². The molecule has 0 aliphatic heterocycles. The molecule has 4 nitrogen and oxygen atoms in total. The van der Waals surface area contributed by atoms with Gasteiger partial charge < -0.3 is 0 Å². The van der Waals surface area contributed by atoms with Crippen molar-refractivity contribution in [2.75, 3.05) is 5.75 Å². The fraction of sp³-hybridized carbons (Fsp3) is 0.240. The Morgan fingerprint density at radius 3 is 2.68 bits per heavy atom. The van der Waals surface area contributed by atoms with Crippen molar-refractivity contribution in [3.05, 3.63) is 86.0 Å². The molecule has 0 saturated heterocycles. The van der Waals surface area contributed by atoms with Crippen LogP contribution in [0.3, 0.4) is 0 Å². The zero-order chi connectivity index (χ0) is 21.5. The first-order valence-electron chi connectivity index (χ1n) is 10.4. The van der Waals surface area contributed by atoms with E-state index in [1.807, 2.05) is 62.4 Å². The van der Waals surface area contributed by atoms with Crippen LogP contribution in [0.4, 0.5) is 0 Å². The Hall–Kier alpha value is -2.70. The van der Waals surface area contributed by atoms with Gasteiger partial charge in [-0.15, -0.1) is 11.3 Å². The average molecular weight is 447 g/mol. The second kappa shape index (κ2) is 8.09. The SMILES string of the molecule is Cc1ccc(C(=O)CSc2nc3sc4c(c3c(=O)n2-c2ccccc2)CCC4)cc1C. The van der Waals surface area contributed by atoms with Crippen LogP contribution in [0.2, 0.25) is 0 Å². The largest absolute Gasteiger partial charge is 0.293 e. The first-order chi connectivity index (χ1) is 15.0. The summed E-state index contributed by atoms with van der Waals surface area (Å²) in [5, 5.41) is 1.33. The van der Waals surface area contributed by atoms with E-state index in [0.717, 1.165) is 40.7 Å². The summed E-state index contributed by atoms with van der Waals surface area (Å²) in [6, 6.07) is 15.4. The van der Waals surface area contributed by atoms with Crippen molar-refractivity contribution in [1.82, 2.24) is 9.55 Å². The van der Waals surface area contributed by atoms with Crippen molar-refractivity contribution in [3.8, 4) is 5.69 Å². The first-order valence-corrected chi connectivity index (χ1v) is 12.2. The van der Waals surface area contributed by atoms with Gasteiger partial charge in [0.25, 0.3) is 5.56 Å². The van der Waals surface area contributed by atoms with Crippen molar-refractivity contribution in [2.45, 2.75) is 38.3 Å². The number of aromatic nitrogens is 2. The third-order valence-corrected chi connectivity index (χ3v) is 8.01. The smallest absolute Gasteiger partial charge is 0.267 e. The second-order valence-electron chi connectivity index (χ2n) is 7.92. The fourth-order valence-electron chi connectivity index (χ4n) is 4.05. The normalized spacial score (nSPS) is 13.0. The Labute approximate surface area is 189 Å². The number of thioether (sulfide) groups is 1. The second-order valence-corrected chi connectivity index (χ2v) is 9.94. The summed E-state index contributed by atoms with van der Waals surface area (Å²) in [7, 11) is 0. The van der Waals surface area contributed by atoms with Gasteiger partial charge in [0, 0.05) is 10.4 Å². The number of hydrogen-bond donors (Lipinski definition) is 0. The minimum absolute atomic E-state index is 0.0308. The van der Waals surface area contributed by atoms with Crippen molar-refractivity contribution in [3.63, 3.8) is 0 Å². The number of nitrogens with zero attached hydrogens (tertiary/aromatic N) is 2. The van der Waals surface area contributed by atoms with Crippen molar-refractivity contribution >= 4 is 39.1 Å². The highest BCUT2D eigenvalue weighted by Crippen LogP contribution is 2.36.